The van der Waals surface area contributed by atoms with Crippen LogP contribution in [0.25, 0.3) is 0 Å². The van der Waals surface area contributed by atoms with Gasteiger partial charge in [0.1, 0.15) is 5.75 Å². The molecule has 158 valence electrons. The Hall–Kier alpha value is -3.90. The Bertz CT molecular complexity index is 1220. The first kappa shape index (κ1) is 21.8. The summed E-state index contributed by atoms with van der Waals surface area (Å²) >= 11 is 0. The van der Waals surface area contributed by atoms with Crippen LogP contribution in [0.1, 0.15) is 11.1 Å². The van der Waals surface area contributed by atoms with E-state index in [0.717, 1.165) is 16.8 Å². The predicted octanol–water partition coefficient (Wildman–Crippen LogP) is 3.27. The monoisotopic (exact) mass is 435 g/mol. The van der Waals surface area contributed by atoms with E-state index in [9.17, 15) is 8.42 Å². The molecule has 3 aromatic rings. The Morgan fingerprint density at radius 2 is 1.77 bits per heavy atom. The molecular weight excluding hydrogens is 414 g/mol. The van der Waals surface area contributed by atoms with Crippen molar-refractivity contribution < 1.29 is 13.2 Å². The first-order valence-electron chi connectivity index (χ1n) is 9.30. The maximum absolute atomic E-state index is 12.9. The summed E-state index contributed by atoms with van der Waals surface area (Å²) in [5, 5.41) is 14.9. The highest BCUT2D eigenvalue weighted by atomic mass is 32.2. The van der Waals surface area contributed by atoms with Gasteiger partial charge in [0.05, 0.1) is 16.9 Å². The van der Waals surface area contributed by atoms with Gasteiger partial charge in [0.25, 0.3) is 0 Å². The van der Waals surface area contributed by atoms with Crippen LogP contribution in [0.15, 0.2) is 81.8 Å². The Kier molecular flexibility index (Phi) is 6.85. The van der Waals surface area contributed by atoms with Gasteiger partial charge in [0.2, 0.25) is 22.0 Å². The number of nitrogens with zero attached hydrogens (tertiary/aromatic N) is 3. The average molecular weight is 436 g/mol. The molecule has 2 N–H and O–H groups in total. The van der Waals surface area contributed by atoms with Gasteiger partial charge in [-0.05, 0) is 60.5 Å². The molecule has 8 nitrogen and oxygen atoms in total. The van der Waals surface area contributed by atoms with E-state index in [4.69, 9.17) is 10.00 Å². The predicted molar refractivity (Wildman–Crippen MR) is 117 cm³/mol. The molecule has 9 heteroatoms. The third-order valence-corrected chi connectivity index (χ3v) is 6.24. The lowest BCUT2D eigenvalue weighted by Gasteiger charge is -2.12. The summed E-state index contributed by atoms with van der Waals surface area (Å²) in [6.45, 7) is 2.15. The number of aromatic nitrogens is 1. The van der Waals surface area contributed by atoms with Gasteiger partial charge >= 0.3 is 0 Å². The van der Waals surface area contributed by atoms with Crippen LogP contribution in [-0.4, -0.2) is 26.5 Å². The third-order valence-electron chi connectivity index (χ3n) is 4.48. The Labute approximate surface area is 181 Å². The van der Waals surface area contributed by atoms with Crippen LogP contribution in [0.4, 0.5) is 5.69 Å². The van der Waals surface area contributed by atoms with Gasteiger partial charge in [-0.15, -0.1) is 4.99 Å². The molecule has 0 unspecified atom stereocenters. The molecule has 0 spiro atoms. The van der Waals surface area contributed by atoms with Gasteiger partial charge in [-0.1, -0.05) is 12.1 Å². The lowest BCUT2D eigenvalue weighted by atomic mass is 10.2. The van der Waals surface area contributed by atoms with E-state index in [2.05, 4.69) is 20.6 Å². The van der Waals surface area contributed by atoms with Crippen LogP contribution < -0.4 is 15.4 Å². The fourth-order valence-electron chi connectivity index (χ4n) is 2.86. The summed E-state index contributed by atoms with van der Waals surface area (Å²) in [5.74, 6) is 0.912. The molecule has 0 aliphatic heterocycles. The quantitative estimate of drug-likeness (QED) is 0.347. The normalized spacial score (nSPS) is 11.5. The Morgan fingerprint density at radius 3 is 2.39 bits per heavy atom. The van der Waals surface area contributed by atoms with Crippen LogP contribution in [0.3, 0.4) is 0 Å². The Morgan fingerprint density at radius 1 is 1.10 bits per heavy atom. The molecule has 0 aliphatic rings. The standard InChI is InChI=1S/C22H21N5O3S/c1-16-13-20(7-8-21(16)30-2)31(28,29)19-5-3-17(4-6-19)14-25-22(26-15-23)27-18-9-11-24-12-10-18/h3-13H,14H2,1-2H3,(H2,24,25,26,27). The van der Waals surface area contributed by atoms with Crippen molar-refractivity contribution in [3.8, 4) is 11.9 Å². The summed E-state index contributed by atoms with van der Waals surface area (Å²) in [4.78, 5) is 8.07. The number of guanidine groups is 1. The molecule has 0 bridgehead atoms. The van der Waals surface area contributed by atoms with Gasteiger partial charge in [0.15, 0.2) is 0 Å². The number of anilines is 1. The number of pyridine rings is 1. The van der Waals surface area contributed by atoms with Crippen molar-refractivity contribution in [3.05, 3.63) is 78.1 Å². The second kappa shape index (κ2) is 9.73. The number of benzene rings is 2. The molecule has 1 heterocycles. The number of aliphatic imine (C=N–C) groups is 1. The number of hydrogen-bond acceptors (Lipinski definition) is 6. The van der Waals surface area contributed by atoms with Crippen LogP contribution in [0.2, 0.25) is 0 Å². The summed E-state index contributed by atoms with van der Waals surface area (Å²) in [6.07, 6.45) is 4.98. The molecule has 0 saturated carbocycles. The summed E-state index contributed by atoms with van der Waals surface area (Å²) in [5.41, 5.74) is 2.30. The number of nitrogens with one attached hydrogen (secondary N) is 2. The topological polar surface area (TPSA) is 116 Å². The Balaban J connectivity index is 1.71. The molecule has 0 fully saturated rings. The van der Waals surface area contributed by atoms with Crippen molar-refractivity contribution in [2.24, 2.45) is 4.99 Å². The van der Waals surface area contributed by atoms with E-state index in [1.54, 1.807) is 81.2 Å². The second-order valence-electron chi connectivity index (χ2n) is 6.55. The molecule has 0 saturated heterocycles. The zero-order valence-electron chi connectivity index (χ0n) is 17.0. The van der Waals surface area contributed by atoms with Gasteiger partial charge < -0.3 is 15.4 Å². The van der Waals surface area contributed by atoms with E-state index >= 15 is 0 Å². The number of aryl methyl sites for hydroxylation is 1. The first-order valence-corrected chi connectivity index (χ1v) is 10.8. The van der Waals surface area contributed by atoms with Crippen molar-refractivity contribution in [1.82, 2.24) is 10.3 Å². The van der Waals surface area contributed by atoms with Crippen molar-refractivity contribution in [3.63, 3.8) is 0 Å². The lowest BCUT2D eigenvalue weighted by molar-refractivity contribution is 0.411. The number of hydrogen-bond donors (Lipinski definition) is 2. The highest BCUT2D eigenvalue weighted by Crippen LogP contribution is 2.26. The van der Waals surface area contributed by atoms with E-state index in [0.29, 0.717) is 12.3 Å². The molecule has 0 atom stereocenters. The SMILES string of the molecule is COc1ccc(S(=O)(=O)c2ccc(CNC(=NC#N)Nc3ccncc3)cc2)cc1C. The number of nitriles is 1. The molecule has 3 rings (SSSR count). The molecule has 0 aliphatic carbocycles. The third kappa shape index (κ3) is 5.38. The highest BCUT2D eigenvalue weighted by Gasteiger charge is 2.18. The maximum atomic E-state index is 12.9. The number of sulfone groups is 1. The fraction of sp³-hybridized carbons (Fsp3) is 0.136. The largest absolute Gasteiger partial charge is 0.496 e. The highest BCUT2D eigenvalue weighted by molar-refractivity contribution is 7.91. The van der Waals surface area contributed by atoms with Gasteiger partial charge in [-0.2, -0.15) is 5.26 Å². The summed E-state index contributed by atoms with van der Waals surface area (Å²) < 4.78 is 31.0. The van der Waals surface area contributed by atoms with Crippen molar-refractivity contribution in [2.45, 2.75) is 23.3 Å². The zero-order chi connectivity index (χ0) is 22.3. The number of ether oxygens (including phenoxy) is 1. The van der Waals surface area contributed by atoms with Crippen LogP contribution >= 0.6 is 0 Å². The summed E-state index contributed by atoms with van der Waals surface area (Å²) in [6, 6.07) is 14.8. The van der Waals surface area contributed by atoms with Gasteiger partial charge in [-0.3, -0.25) is 4.98 Å². The fourth-order valence-corrected chi connectivity index (χ4v) is 4.21. The molecular formula is C22H21N5O3S. The van der Waals surface area contributed by atoms with Crippen molar-refractivity contribution >= 4 is 21.5 Å². The molecule has 2 aromatic carbocycles. The molecule has 1 aromatic heterocycles. The van der Waals surface area contributed by atoms with E-state index < -0.39 is 9.84 Å². The van der Waals surface area contributed by atoms with E-state index in [1.807, 2.05) is 0 Å². The maximum Gasteiger partial charge on any atom is 0.212 e. The average Bonchev–Trinajstić information content (AvgIpc) is 2.78. The van der Waals surface area contributed by atoms with Gasteiger partial charge in [-0.25, -0.2) is 8.42 Å². The van der Waals surface area contributed by atoms with E-state index in [-0.39, 0.29) is 15.8 Å². The number of rotatable bonds is 6. The van der Waals surface area contributed by atoms with Crippen molar-refractivity contribution in [1.29, 1.82) is 5.26 Å². The van der Waals surface area contributed by atoms with Gasteiger partial charge in [0, 0.05) is 24.6 Å². The minimum absolute atomic E-state index is 0.196. The minimum atomic E-state index is -3.64. The minimum Gasteiger partial charge on any atom is -0.496 e. The van der Waals surface area contributed by atoms with E-state index in [1.165, 1.54) is 6.07 Å². The molecule has 0 radical (unpaired) electrons. The van der Waals surface area contributed by atoms with Crippen molar-refractivity contribution in [2.75, 3.05) is 12.4 Å². The van der Waals surface area contributed by atoms with Crippen LogP contribution in [-0.2, 0) is 16.4 Å². The molecule has 0 amide bonds. The first-order chi connectivity index (χ1) is 14.9. The van der Waals surface area contributed by atoms with Crippen LogP contribution in [0, 0.1) is 18.4 Å². The zero-order valence-corrected chi connectivity index (χ0v) is 17.8. The lowest BCUT2D eigenvalue weighted by Crippen LogP contribution is -2.30. The summed E-state index contributed by atoms with van der Waals surface area (Å²) in [7, 11) is -2.10. The van der Waals surface area contributed by atoms with Crippen LogP contribution in [0.5, 0.6) is 5.75 Å². The number of methoxy groups -OCH3 is 1. The smallest absolute Gasteiger partial charge is 0.212 e. The second-order valence-corrected chi connectivity index (χ2v) is 8.50. The molecule has 31 heavy (non-hydrogen) atoms.